The molecule has 0 bridgehead atoms. The van der Waals surface area contributed by atoms with Gasteiger partial charge in [0.05, 0.1) is 7.11 Å². The van der Waals surface area contributed by atoms with E-state index in [1.807, 2.05) is 41.3 Å². The largest absolute Gasteiger partial charge is 0.497 e. The number of amides is 1. The maximum Gasteiger partial charge on any atom is 0.258 e. The Morgan fingerprint density at radius 3 is 2.89 bits per heavy atom. The van der Waals surface area contributed by atoms with E-state index in [2.05, 4.69) is 29.2 Å². The van der Waals surface area contributed by atoms with Crippen molar-refractivity contribution in [2.24, 2.45) is 0 Å². The van der Waals surface area contributed by atoms with Crippen molar-refractivity contribution in [3.63, 3.8) is 0 Å². The Labute approximate surface area is 157 Å². The molecular formula is C21H21N3O3. The second kappa shape index (κ2) is 7.23. The van der Waals surface area contributed by atoms with Crippen molar-refractivity contribution in [3.05, 3.63) is 65.5 Å². The van der Waals surface area contributed by atoms with Gasteiger partial charge >= 0.3 is 0 Å². The quantitative estimate of drug-likeness (QED) is 0.693. The van der Waals surface area contributed by atoms with E-state index in [9.17, 15) is 4.79 Å². The summed E-state index contributed by atoms with van der Waals surface area (Å²) >= 11 is 0. The number of ether oxygens (including phenoxy) is 1. The predicted molar refractivity (Wildman–Crippen MR) is 100 cm³/mol. The molecule has 3 aromatic rings. The molecular weight excluding hydrogens is 342 g/mol. The van der Waals surface area contributed by atoms with Crippen LogP contribution < -0.4 is 4.74 Å². The fraction of sp³-hybridized carbons (Fsp3) is 0.286. The van der Waals surface area contributed by atoms with Gasteiger partial charge in [-0.1, -0.05) is 41.1 Å². The van der Waals surface area contributed by atoms with Gasteiger partial charge in [-0.2, -0.15) is 4.98 Å². The lowest BCUT2D eigenvalue weighted by molar-refractivity contribution is -0.128. The first-order valence-corrected chi connectivity index (χ1v) is 8.94. The minimum absolute atomic E-state index is 0.0505. The van der Waals surface area contributed by atoms with Crippen LogP contribution in [0.4, 0.5) is 0 Å². The molecule has 1 aliphatic rings. The minimum Gasteiger partial charge on any atom is -0.497 e. The van der Waals surface area contributed by atoms with Crippen LogP contribution in [0, 0.1) is 6.92 Å². The van der Waals surface area contributed by atoms with Crippen molar-refractivity contribution in [3.8, 4) is 17.2 Å². The molecule has 0 aliphatic carbocycles. The summed E-state index contributed by atoms with van der Waals surface area (Å²) in [7, 11) is 1.62. The molecule has 0 N–H and O–H groups in total. The van der Waals surface area contributed by atoms with Gasteiger partial charge in [-0.05, 0) is 30.7 Å². The number of nitrogens with zero attached hydrogens (tertiary/aromatic N) is 3. The predicted octanol–water partition coefficient (Wildman–Crippen LogP) is 3.57. The molecule has 4 rings (SSSR count). The van der Waals surface area contributed by atoms with Crippen LogP contribution in [0.5, 0.6) is 5.75 Å². The number of rotatable bonds is 5. The number of hydrogen-bond donors (Lipinski definition) is 0. The molecule has 1 fully saturated rings. The SMILES string of the molecule is COc1cccc(-c2nc(C3CC(=O)N(Cc4cccc(C)c4)C3)no2)c1. The molecule has 0 saturated carbocycles. The van der Waals surface area contributed by atoms with Crippen molar-refractivity contribution >= 4 is 5.91 Å². The number of benzene rings is 2. The van der Waals surface area contributed by atoms with E-state index in [4.69, 9.17) is 9.26 Å². The van der Waals surface area contributed by atoms with Crippen LogP contribution in [0.15, 0.2) is 53.1 Å². The van der Waals surface area contributed by atoms with E-state index < -0.39 is 0 Å². The Bertz CT molecular complexity index is 967. The lowest BCUT2D eigenvalue weighted by atomic mass is 10.1. The first kappa shape index (κ1) is 17.3. The third-order valence-electron chi connectivity index (χ3n) is 4.79. The molecule has 2 aromatic carbocycles. The smallest absolute Gasteiger partial charge is 0.258 e. The fourth-order valence-corrected chi connectivity index (χ4v) is 3.40. The zero-order valence-electron chi connectivity index (χ0n) is 15.4. The van der Waals surface area contributed by atoms with Crippen molar-refractivity contribution in [2.75, 3.05) is 13.7 Å². The third-order valence-corrected chi connectivity index (χ3v) is 4.79. The average Bonchev–Trinajstić information content (AvgIpc) is 3.29. The van der Waals surface area contributed by atoms with Crippen molar-refractivity contribution in [2.45, 2.75) is 25.8 Å². The molecule has 1 atom stereocenters. The van der Waals surface area contributed by atoms with Crippen LogP contribution in [-0.2, 0) is 11.3 Å². The summed E-state index contributed by atoms with van der Waals surface area (Å²) in [6.45, 7) is 3.26. The first-order chi connectivity index (χ1) is 13.1. The summed E-state index contributed by atoms with van der Waals surface area (Å²) in [5.74, 6) is 1.81. The molecule has 6 nitrogen and oxygen atoms in total. The standard InChI is InChI=1S/C21H21N3O3/c1-14-5-3-6-15(9-14)12-24-13-17(11-19(24)25)20-22-21(27-23-20)16-7-4-8-18(10-16)26-2/h3-10,17H,11-13H2,1-2H3. The number of aryl methyl sites for hydroxylation is 1. The van der Waals surface area contributed by atoms with Crippen molar-refractivity contribution in [1.29, 1.82) is 0 Å². The number of carbonyl (C=O) groups is 1. The summed E-state index contributed by atoms with van der Waals surface area (Å²) in [6.07, 6.45) is 0.406. The van der Waals surface area contributed by atoms with Gasteiger partial charge in [-0.15, -0.1) is 0 Å². The summed E-state index contributed by atoms with van der Waals surface area (Å²) in [4.78, 5) is 18.8. The molecule has 0 radical (unpaired) electrons. The summed E-state index contributed by atoms with van der Waals surface area (Å²) in [5, 5.41) is 4.11. The Morgan fingerprint density at radius 2 is 2.07 bits per heavy atom. The van der Waals surface area contributed by atoms with E-state index in [1.54, 1.807) is 7.11 Å². The van der Waals surface area contributed by atoms with Gasteiger partial charge in [0.15, 0.2) is 5.82 Å². The number of likely N-dealkylation sites (tertiary alicyclic amines) is 1. The molecule has 1 unspecified atom stereocenters. The zero-order chi connectivity index (χ0) is 18.8. The average molecular weight is 363 g/mol. The molecule has 1 aliphatic heterocycles. The Balaban J connectivity index is 1.48. The highest BCUT2D eigenvalue weighted by Gasteiger charge is 2.33. The van der Waals surface area contributed by atoms with Gasteiger partial charge < -0.3 is 14.2 Å². The van der Waals surface area contributed by atoms with Gasteiger partial charge in [-0.25, -0.2) is 0 Å². The van der Waals surface area contributed by atoms with E-state index in [1.165, 1.54) is 5.56 Å². The van der Waals surface area contributed by atoms with Crippen molar-refractivity contribution in [1.82, 2.24) is 15.0 Å². The van der Waals surface area contributed by atoms with E-state index in [-0.39, 0.29) is 11.8 Å². The van der Waals surface area contributed by atoms with Crippen LogP contribution in [0.2, 0.25) is 0 Å². The summed E-state index contributed by atoms with van der Waals surface area (Å²) < 4.78 is 10.7. The normalized spacial score (nSPS) is 16.7. The Kier molecular flexibility index (Phi) is 4.62. The lowest BCUT2D eigenvalue weighted by Gasteiger charge is -2.16. The van der Waals surface area contributed by atoms with Gasteiger partial charge in [0.2, 0.25) is 5.91 Å². The van der Waals surface area contributed by atoms with Gasteiger partial charge in [0.25, 0.3) is 5.89 Å². The highest BCUT2D eigenvalue weighted by molar-refractivity contribution is 5.79. The zero-order valence-corrected chi connectivity index (χ0v) is 15.4. The molecule has 27 heavy (non-hydrogen) atoms. The van der Waals surface area contributed by atoms with Gasteiger partial charge in [-0.3, -0.25) is 4.79 Å². The number of hydrogen-bond acceptors (Lipinski definition) is 5. The Hall–Kier alpha value is -3.15. The molecule has 1 saturated heterocycles. The Morgan fingerprint density at radius 1 is 1.22 bits per heavy atom. The third kappa shape index (κ3) is 3.69. The second-order valence-corrected chi connectivity index (χ2v) is 6.85. The fourth-order valence-electron chi connectivity index (χ4n) is 3.40. The molecule has 1 aromatic heterocycles. The minimum atomic E-state index is -0.0505. The number of carbonyl (C=O) groups excluding carboxylic acids is 1. The van der Waals surface area contributed by atoms with Crippen LogP contribution in [0.25, 0.3) is 11.5 Å². The van der Waals surface area contributed by atoms with Crippen LogP contribution in [0.3, 0.4) is 0 Å². The molecule has 138 valence electrons. The highest BCUT2D eigenvalue weighted by Crippen LogP contribution is 2.30. The number of aromatic nitrogens is 2. The topological polar surface area (TPSA) is 68.5 Å². The van der Waals surface area contributed by atoms with Crippen molar-refractivity contribution < 1.29 is 14.1 Å². The van der Waals surface area contributed by atoms with Crippen LogP contribution in [0.1, 0.15) is 29.3 Å². The maximum atomic E-state index is 12.4. The highest BCUT2D eigenvalue weighted by atomic mass is 16.5. The van der Waals surface area contributed by atoms with E-state index >= 15 is 0 Å². The maximum absolute atomic E-state index is 12.4. The summed E-state index contributed by atoms with van der Waals surface area (Å²) in [5.41, 5.74) is 3.13. The van der Waals surface area contributed by atoms with Gasteiger partial charge in [0.1, 0.15) is 5.75 Å². The van der Waals surface area contributed by atoms with Crippen LogP contribution >= 0.6 is 0 Å². The summed E-state index contributed by atoms with van der Waals surface area (Å²) in [6, 6.07) is 15.7. The van der Waals surface area contributed by atoms with Crippen LogP contribution in [-0.4, -0.2) is 34.6 Å². The van der Waals surface area contributed by atoms with Gasteiger partial charge in [0, 0.05) is 31.0 Å². The van der Waals surface area contributed by atoms with E-state index in [0.29, 0.717) is 31.2 Å². The first-order valence-electron chi connectivity index (χ1n) is 8.94. The monoisotopic (exact) mass is 363 g/mol. The molecule has 6 heteroatoms. The second-order valence-electron chi connectivity index (χ2n) is 6.85. The van der Waals surface area contributed by atoms with E-state index in [0.717, 1.165) is 16.9 Å². The molecule has 2 heterocycles. The lowest BCUT2D eigenvalue weighted by Crippen LogP contribution is -2.24. The molecule has 1 amide bonds. The number of methoxy groups -OCH3 is 1. The molecule has 0 spiro atoms.